The first-order valence-electron chi connectivity index (χ1n) is 10.6. The van der Waals surface area contributed by atoms with Gasteiger partial charge in [-0.25, -0.2) is 4.68 Å². The van der Waals surface area contributed by atoms with E-state index in [-0.39, 0.29) is 11.9 Å². The Labute approximate surface area is 190 Å². The maximum absolute atomic E-state index is 13.2. The number of aromatic nitrogens is 6. The van der Waals surface area contributed by atoms with E-state index in [4.69, 9.17) is 9.47 Å². The molecule has 1 aromatic carbocycles. The second kappa shape index (κ2) is 9.11. The molecule has 1 fully saturated rings. The number of ether oxygens (including phenoxy) is 2. The Morgan fingerprint density at radius 3 is 2.76 bits per heavy atom. The number of hydrogen-bond acceptors (Lipinski definition) is 7. The van der Waals surface area contributed by atoms with Crippen LogP contribution in [0.15, 0.2) is 61.2 Å². The van der Waals surface area contributed by atoms with Gasteiger partial charge in [-0.05, 0) is 42.8 Å². The number of likely N-dealkylation sites (tertiary alicyclic amines) is 1. The van der Waals surface area contributed by atoms with Crippen LogP contribution in [0, 0.1) is 0 Å². The van der Waals surface area contributed by atoms with Crippen molar-refractivity contribution in [3.63, 3.8) is 0 Å². The molecule has 10 heteroatoms. The molecule has 1 unspecified atom stereocenters. The molecule has 0 spiro atoms. The molecule has 168 valence electrons. The number of methoxy groups -OCH3 is 1. The lowest BCUT2D eigenvalue weighted by Crippen LogP contribution is -2.29. The van der Waals surface area contributed by atoms with Gasteiger partial charge in [0.15, 0.2) is 0 Å². The minimum absolute atomic E-state index is 0.0570. The fraction of sp³-hybridized carbons (Fsp3) is 0.261. The van der Waals surface area contributed by atoms with Crippen LogP contribution in [0.2, 0.25) is 0 Å². The first-order chi connectivity index (χ1) is 16.2. The standard InChI is InChI=1S/C23H23N7O3/c1-32-19-4-2-16(3-5-19)22-21(12-25-27-22)23(31)29-11-8-18(14-29)30-13-17(26-28-30)15-33-20-6-9-24-10-7-20/h2-7,9-10,12-13,18H,8,11,14-15H2,1H3,(H,25,27). The summed E-state index contributed by atoms with van der Waals surface area (Å²) in [5.41, 5.74) is 2.85. The molecule has 0 aliphatic carbocycles. The van der Waals surface area contributed by atoms with Gasteiger partial charge in [0.05, 0.1) is 36.8 Å². The number of carbonyl (C=O) groups excluding carboxylic acids is 1. The van der Waals surface area contributed by atoms with Crippen LogP contribution < -0.4 is 9.47 Å². The van der Waals surface area contributed by atoms with Crippen LogP contribution in [0.5, 0.6) is 11.5 Å². The van der Waals surface area contributed by atoms with Gasteiger partial charge in [-0.15, -0.1) is 5.10 Å². The van der Waals surface area contributed by atoms with Crippen LogP contribution in [-0.2, 0) is 6.61 Å². The Morgan fingerprint density at radius 1 is 1.15 bits per heavy atom. The molecule has 33 heavy (non-hydrogen) atoms. The Bertz CT molecular complexity index is 1220. The van der Waals surface area contributed by atoms with Crippen molar-refractivity contribution in [3.8, 4) is 22.8 Å². The zero-order chi connectivity index (χ0) is 22.6. The van der Waals surface area contributed by atoms with Crippen LogP contribution in [0.1, 0.15) is 28.5 Å². The second-order valence-electron chi connectivity index (χ2n) is 7.74. The Hall–Kier alpha value is -4.21. The summed E-state index contributed by atoms with van der Waals surface area (Å²) in [7, 11) is 1.62. The van der Waals surface area contributed by atoms with Gasteiger partial charge < -0.3 is 14.4 Å². The summed E-state index contributed by atoms with van der Waals surface area (Å²) in [6, 6.07) is 11.2. The summed E-state index contributed by atoms with van der Waals surface area (Å²) < 4.78 is 12.7. The summed E-state index contributed by atoms with van der Waals surface area (Å²) in [6.45, 7) is 1.51. The minimum atomic E-state index is -0.0570. The highest BCUT2D eigenvalue weighted by Crippen LogP contribution is 2.28. The topological polar surface area (TPSA) is 111 Å². The predicted octanol–water partition coefficient (Wildman–Crippen LogP) is 2.74. The summed E-state index contributed by atoms with van der Waals surface area (Å²) in [6.07, 6.45) is 7.61. The predicted molar refractivity (Wildman–Crippen MR) is 119 cm³/mol. The molecule has 0 radical (unpaired) electrons. The number of aromatic amines is 1. The average Bonchev–Trinajstić information content (AvgIpc) is 3.63. The fourth-order valence-electron chi connectivity index (χ4n) is 3.89. The number of hydrogen-bond donors (Lipinski definition) is 1. The molecule has 1 N–H and O–H groups in total. The van der Waals surface area contributed by atoms with Crippen LogP contribution in [-0.4, -0.2) is 61.2 Å². The highest BCUT2D eigenvalue weighted by molar-refractivity contribution is 5.99. The summed E-state index contributed by atoms with van der Waals surface area (Å²) in [4.78, 5) is 19.0. The smallest absolute Gasteiger partial charge is 0.257 e. The first-order valence-corrected chi connectivity index (χ1v) is 10.6. The summed E-state index contributed by atoms with van der Waals surface area (Å²) in [5, 5.41) is 15.5. The van der Waals surface area contributed by atoms with E-state index >= 15 is 0 Å². The maximum atomic E-state index is 13.2. The molecule has 10 nitrogen and oxygen atoms in total. The van der Waals surface area contributed by atoms with Gasteiger partial charge in [-0.3, -0.25) is 14.9 Å². The van der Waals surface area contributed by atoms with Gasteiger partial charge in [0.25, 0.3) is 5.91 Å². The molecule has 4 heterocycles. The minimum Gasteiger partial charge on any atom is -0.497 e. The number of H-pyrrole nitrogens is 1. The highest BCUT2D eigenvalue weighted by Gasteiger charge is 2.30. The zero-order valence-electron chi connectivity index (χ0n) is 18.1. The third-order valence-electron chi connectivity index (χ3n) is 5.67. The van der Waals surface area contributed by atoms with Crippen molar-refractivity contribution < 1.29 is 14.3 Å². The molecular weight excluding hydrogens is 422 g/mol. The van der Waals surface area contributed by atoms with Crippen LogP contribution in [0.25, 0.3) is 11.3 Å². The number of nitrogens with zero attached hydrogens (tertiary/aromatic N) is 6. The van der Waals surface area contributed by atoms with Gasteiger partial charge in [0.1, 0.15) is 23.8 Å². The van der Waals surface area contributed by atoms with E-state index in [2.05, 4.69) is 25.5 Å². The van der Waals surface area contributed by atoms with E-state index in [0.29, 0.717) is 31.0 Å². The van der Waals surface area contributed by atoms with E-state index < -0.39 is 0 Å². The number of rotatable bonds is 7. The van der Waals surface area contributed by atoms with Crippen molar-refractivity contribution in [1.82, 2.24) is 35.1 Å². The van der Waals surface area contributed by atoms with E-state index in [1.807, 2.05) is 40.0 Å². The lowest BCUT2D eigenvalue weighted by atomic mass is 10.1. The molecular formula is C23H23N7O3. The third kappa shape index (κ3) is 4.40. The summed E-state index contributed by atoms with van der Waals surface area (Å²) >= 11 is 0. The molecule has 1 atom stereocenters. The molecule has 5 rings (SSSR count). The number of carbonyl (C=O) groups is 1. The normalized spacial score (nSPS) is 15.5. The van der Waals surface area contributed by atoms with E-state index in [9.17, 15) is 4.79 Å². The first kappa shape index (κ1) is 20.7. The second-order valence-corrected chi connectivity index (χ2v) is 7.74. The molecule has 0 saturated carbocycles. The molecule has 1 aliphatic heterocycles. The van der Waals surface area contributed by atoms with Gasteiger partial charge in [0.2, 0.25) is 0 Å². The van der Waals surface area contributed by atoms with Gasteiger partial charge >= 0.3 is 0 Å². The van der Waals surface area contributed by atoms with Crippen LogP contribution in [0.4, 0.5) is 0 Å². The Balaban J connectivity index is 1.23. The van der Waals surface area contributed by atoms with Crippen molar-refractivity contribution in [2.45, 2.75) is 19.1 Å². The lowest BCUT2D eigenvalue weighted by Gasteiger charge is -2.16. The molecule has 1 aliphatic rings. The Morgan fingerprint density at radius 2 is 1.97 bits per heavy atom. The Kier molecular flexibility index (Phi) is 5.71. The van der Waals surface area contributed by atoms with Gasteiger partial charge in [0, 0.05) is 31.0 Å². The van der Waals surface area contributed by atoms with E-state index in [1.54, 1.807) is 37.8 Å². The van der Waals surface area contributed by atoms with Gasteiger partial charge in [-0.1, -0.05) is 5.21 Å². The fourth-order valence-corrected chi connectivity index (χ4v) is 3.89. The van der Waals surface area contributed by atoms with Crippen molar-refractivity contribution >= 4 is 5.91 Å². The number of pyridine rings is 1. The molecule has 4 aromatic rings. The van der Waals surface area contributed by atoms with Crippen LogP contribution >= 0.6 is 0 Å². The van der Waals surface area contributed by atoms with Crippen molar-refractivity contribution in [2.75, 3.05) is 20.2 Å². The highest BCUT2D eigenvalue weighted by atomic mass is 16.5. The molecule has 1 amide bonds. The zero-order valence-corrected chi connectivity index (χ0v) is 18.1. The van der Waals surface area contributed by atoms with E-state index in [0.717, 1.165) is 29.2 Å². The quantitative estimate of drug-likeness (QED) is 0.466. The third-order valence-corrected chi connectivity index (χ3v) is 5.67. The number of nitrogens with one attached hydrogen (secondary N) is 1. The molecule has 1 saturated heterocycles. The average molecular weight is 445 g/mol. The summed E-state index contributed by atoms with van der Waals surface area (Å²) in [5.74, 6) is 1.43. The molecule has 0 bridgehead atoms. The molecule has 3 aromatic heterocycles. The monoisotopic (exact) mass is 445 g/mol. The van der Waals surface area contributed by atoms with Crippen molar-refractivity contribution in [3.05, 3.63) is 72.4 Å². The lowest BCUT2D eigenvalue weighted by molar-refractivity contribution is 0.0787. The SMILES string of the molecule is COc1ccc(-c2[nH]ncc2C(=O)N2CCC(n3cc(COc4ccncc4)nn3)C2)cc1. The van der Waals surface area contributed by atoms with Crippen molar-refractivity contribution in [1.29, 1.82) is 0 Å². The largest absolute Gasteiger partial charge is 0.497 e. The maximum Gasteiger partial charge on any atom is 0.257 e. The number of amides is 1. The van der Waals surface area contributed by atoms with Crippen LogP contribution in [0.3, 0.4) is 0 Å². The van der Waals surface area contributed by atoms with E-state index in [1.165, 1.54) is 0 Å². The van der Waals surface area contributed by atoms with Gasteiger partial charge in [-0.2, -0.15) is 5.10 Å². The number of benzene rings is 1. The van der Waals surface area contributed by atoms with Crippen molar-refractivity contribution in [2.24, 2.45) is 0 Å².